The van der Waals surface area contributed by atoms with Crippen LogP contribution in [-0.4, -0.2) is 23.3 Å². The summed E-state index contributed by atoms with van der Waals surface area (Å²) in [6.45, 7) is 1.73. The molecule has 0 spiro atoms. The van der Waals surface area contributed by atoms with Gasteiger partial charge in [0.25, 0.3) is 0 Å². The molecule has 0 aliphatic rings. The second-order valence-corrected chi connectivity index (χ2v) is 3.62. The zero-order chi connectivity index (χ0) is 12.7. The minimum Gasteiger partial charge on any atom is -0.508 e. The van der Waals surface area contributed by atoms with E-state index in [0.29, 0.717) is 12.7 Å². The molecular formula is C13H15NO3. The molecule has 4 nitrogen and oxygen atoms in total. The highest BCUT2D eigenvalue weighted by molar-refractivity contribution is 5.89. The monoisotopic (exact) mass is 233 g/mol. The molecule has 90 valence electrons. The first-order chi connectivity index (χ1) is 8.15. The van der Waals surface area contributed by atoms with E-state index in [4.69, 9.17) is 5.11 Å². The van der Waals surface area contributed by atoms with Crippen LogP contribution in [0.15, 0.2) is 36.4 Å². The molecule has 1 unspecified atom stereocenters. The van der Waals surface area contributed by atoms with Crippen molar-refractivity contribution >= 4 is 12.2 Å². The normalized spacial score (nSPS) is 12.3. The van der Waals surface area contributed by atoms with E-state index in [0.717, 1.165) is 5.56 Å². The molecule has 1 aromatic rings. The highest BCUT2D eigenvalue weighted by atomic mass is 16.3. The first-order valence-corrected chi connectivity index (χ1v) is 5.32. The number of nitrogens with one attached hydrogen (secondary N) is 1. The Labute approximate surface area is 100.0 Å². The average molecular weight is 233 g/mol. The van der Waals surface area contributed by atoms with Crippen molar-refractivity contribution in [3.63, 3.8) is 0 Å². The van der Waals surface area contributed by atoms with Gasteiger partial charge in [0.1, 0.15) is 12.0 Å². The van der Waals surface area contributed by atoms with E-state index in [1.165, 1.54) is 6.08 Å². The first kappa shape index (κ1) is 13.0. The van der Waals surface area contributed by atoms with E-state index in [2.05, 4.69) is 5.32 Å². The number of hydrogen-bond acceptors (Lipinski definition) is 3. The third-order valence-electron chi connectivity index (χ3n) is 2.20. The molecule has 0 aliphatic carbocycles. The van der Waals surface area contributed by atoms with E-state index in [-0.39, 0.29) is 11.7 Å². The number of hydrogen-bond donors (Lipinski definition) is 2. The van der Waals surface area contributed by atoms with Crippen LogP contribution in [0.3, 0.4) is 0 Å². The zero-order valence-corrected chi connectivity index (χ0v) is 9.59. The van der Waals surface area contributed by atoms with Gasteiger partial charge >= 0.3 is 0 Å². The van der Waals surface area contributed by atoms with Gasteiger partial charge in [0.15, 0.2) is 0 Å². The lowest BCUT2D eigenvalue weighted by Gasteiger charge is -2.11. The van der Waals surface area contributed by atoms with E-state index in [1.807, 2.05) is 0 Å². The highest BCUT2D eigenvalue weighted by Gasteiger charge is 2.10. The Bertz CT molecular complexity index is 409. The van der Waals surface area contributed by atoms with Crippen molar-refractivity contribution in [2.24, 2.45) is 0 Å². The Hall–Kier alpha value is -2.10. The lowest BCUT2D eigenvalue weighted by atomic mass is 10.1. The van der Waals surface area contributed by atoms with Crippen LogP contribution in [0.4, 0.5) is 0 Å². The molecule has 2 N–H and O–H groups in total. The Kier molecular flexibility index (Phi) is 4.94. The maximum atomic E-state index is 11.3. The second-order valence-electron chi connectivity index (χ2n) is 3.62. The number of amides is 1. The van der Waals surface area contributed by atoms with E-state index < -0.39 is 6.04 Å². The van der Waals surface area contributed by atoms with Gasteiger partial charge < -0.3 is 15.2 Å². The minimum atomic E-state index is -0.553. The minimum absolute atomic E-state index is 0.175. The Balaban J connectivity index is 2.60. The smallest absolute Gasteiger partial charge is 0.244 e. The molecule has 1 amide bonds. The van der Waals surface area contributed by atoms with Gasteiger partial charge in [-0.25, -0.2) is 0 Å². The van der Waals surface area contributed by atoms with Gasteiger partial charge in [0.05, 0.1) is 6.04 Å². The predicted octanol–water partition coefficient (Wildman–Crippen LogP) is 1.19. The molecule has 1 atom stereocenters. The quantitative estimate of drug-likeness (QED) is 0.593. The van der Waals surface area contributed by atoms with Crippen LogP contribution in [0, 0.1) is 0 Å². The summed E-state index contributed by atoms with van der Waals surface area (Å²) < 4.78 is 0. The lowest BCUT2D eigenvalue weighted by Crippen LogP contribution is -2.36. The Morgan fingerprint density at radius 2 is 2.06 bits per heavy atom. The molecule has 0 saturated carbocycles. The molecule has 0 aromatic heterocycles. The number of carbonyl (C=O) groups is 2. The van der Waals surface area contributed by atoms with Crippen molar-refractivity contribution in [2.75, 3.05) is 0 Å². The van der Waals surface area contributed by atoms with Crippen molar-refractivity contribution in [3.8, 4) is 5.75 Å². The number of allylic oxidation sites excluding steroid dienone is 1. The van der Waals surface area contributed by atoms with E-state index in [9.17, 15) is 9.59 Å². The summed E-state index contributed by atoms with van der Waals surface area (Å²) in [5.74, 6) is -0.113. The summed E-state index contributed by atoms with van der Waals surface area (Å²) in [5.41, 5.74) is 0.876. The van der Waals surface area contributed by atoms with Gasteiger partial charge in [-0.2, -0.15) is 0 Å². The molecule has 0 radical (unpaired) electrons. The fourth-order valence-electron chi connectivity index (χ4n) is 1.40. The Morgan fingerprint density at radius 1 is 1.41 bits per heavy atom. The molecule has 1 rings (SSSR count). The van der Waals surface area contributed by atoms with Crippen molar-refractivity contribution in [3.05, 3.63) is 42.0 Å². The molecule has 0 heterocycles. The summed E-state index contributed by atoms with van der Waals surface area (Å²) in [4.78, 5) is 22.1. The van der Waals surface area contributed by atoms with E-state index in [1.54, 1.807) is 37.3 Å². The van der Waals surface area contributed by atoms with Crippen LogP contribution < -0.4 is 5.32 Å². The van der Waals surface area contributed by atoms with Gasteiger partial charge in [-0.3, -0.25) is 4.79 Å². The number of phenolic OH excluding ortho intramolecular Hbond substituents is 1. The summed E-state index contributed by atoms with van der Waals surface area (Å²) in [7, 11) is 0. The van der Waals surface area contributed by atoms with Crippen molar-refractivity contribution in [1.82, 2.24) is 5.32 Å². The standard InChI is InChI=1S/C13H15NO3/c1-2-3-13(17)14-11(9-15)8-10-4-6-12(16)7-5-10/h2-7,9,11,16H,8H2,1H3,(H,14,17)/b3-2+. The topological polar surface area (TPSA) is 66.4 Å². The number of benzene rings is 1. The van der Waals surface area contributed by atoms with Gasteiger partial charge in [-0.15, -0.1) is 0 Å². The molecule has 0 saturated heterocycles. The fraction of sp³-hybridized carbons (Fsp3) is 0.231. The zero-order valence-electron chi connectivity index (χ0n) is 9.59. The molecule has 0 fully saturated rings. The van der Waals surface area contributed by atoms with Gasteiger partial charge in [0.2, 0.25) is 5.91 Å². The second kappa shape index (κ2) is 6.48. The van der Waals surface area contributed by atoms with Crippen molar-refractivity contribution < 1.29 is 14.7 Å². The summed E-state index contributed by atoms with van der Waals surface area (Å²) in [5, 5.41) is 11.7. The van der Waals surface area contributed by atoms with E-state index >= 15 is 0 Å². The van der Waals surface area contributed by atoms with Crippen molar-refractivity contribution in [1.29, 1.82) is 0 Å². The molecule has 0 bridgehead atoms. The van der Waals surface area contributed by atoms with Crippen LogP contribution in [0.5, 0.6) is 5.75 Å². The maximum Gasteiger partial charge on any atom is 0.244 e. The van der Waals surface area contributed by atoms with Crippen LogP contribution in [0.1, 0.15) is 12.5 Å². The van der Waals surface area contributed by atoms with Crippen LogP contribution in [0.25, 0.3) is 0 Å². The lowest BCUT2D eigenvalue weighted by molar-refractivity contribution is -0.120. The Morgan fingerprint density at radius 3 is 2.59 bits per heavy atom. The summed E-state index contributed by atoms with van der Waals surface area (Å²) >= 11 is 0. The third-order valence-corrected chi connectivity index (χ3v) is 2.20. The molecular weight excluding hydrogens is 218 g/mol. The highest BCUT2D eigenvalue weighted by Crippen LogP contribution is 2.10. The van der Waals surface area contributed by atoms with Gasteiger partial charge in [-0.05, 0) is 37.1 Å². The van der Waals surface area contributed by atoms with Crippen LogP contribution in [-0.2, 0) is 16.0 Å². The van der Waals surface area contributed by atoms with Crippen molar-refractivity contribution in [2.45, 2.75) is 19.4 Å². The van der Waals surface area contributed by atoms with Crippen LogP contribution >= 0.6 is 0 Å². The van der Waals surface area contributed by atoms with Gasteiger partial charge in [0, 0.05) is 0 Å². The predicted molar refractivity (Wildman–Crippen MR) is 64.6 cm³/mol. The molecule has 0 aliphatic heterocycles. The summed E-state index contributed by atoms with van der Waals surface area (Å²) in [6, 6.07) is 5.97. The SMILES string of the molecule is C/C=C/C(=O)NC(C=O)Cc1ccc(O)cc1. The largest absolute Gasteiger partial charge is 0.508 e. The van der Waals surface area contributed by atoms with Gasteiger partial charge in [-0.1, -0.05) is 18.2 Å². The van der Waals surface area contributed by atoms with Crippen LogP contribution in [0.2, 0.25) is 0 Å². The number of aldehydes is 1. The number of phenols is 1. The molecule has 4 heteroatoms. The first-order valence-electron chi connectivity index (χ1n) is 5.32. The maximum absolute atomic E-state index is 11.3. The molecule has 17 heavy (non-hydrogen) atoms. The number of aromatic hydroxyl groups is 1. The number of carbonyl (C=O) groups excluding carboxylic acids is 2. The average Bonchev–Trinajstić information content (AvgIpc) is 2.31. The fourth-order valence-corrected chi connectivity index (χ4v) is 1.40. The molecule has 1 aromatic carbocycles. The number of rotatable bonds is 5. The third kappa shape index (κ3) is 4.51. The summed E-state index contributed by atoms with van der Waals surface area (Å²) in [6.07, 6.45) is 4.09.